The number of aliphatic hydroxyl groups excluding tert-OH is 2. The van der Waals surface area contributed by atoms with Crippen molar-refractivity contribution in [2.45, 2.75) is 12.5 Å². The summed E-state index contributed by atoms with van der Waals surface area (Å²) in [6.07, 6.45) is -0.904. The number of esters is 2. The van der Waals surface area contributed by atoms with Gasteiger partial charge in [-0.2, -0.15) is 0 Å². The molecule has 0 fully saturated rings. The molecular weight excluding hydrogens is 278 g/mol. The monoisotopic (exact) mass is 293 g/mol. The average Bonchev–Trinajstić information content (AvgIpc) is 2.74. The smallest absolute Gasteiger partial charge is 0.377 e. The first-order valence-electron chi connectivity index (χ1n) is 6.31. The van der Waals surface area contributed by atoms with Gasteiger partial charge in [0.15, 0.2) is 11.9 Å². The summed E-state index contributed by atoms with van der Waals surface area (Å²) in [5.74, 6) is -2.83. The molecule has 1 heterocycles. The second-order valence-corrected chi connectivity index (χ2v) is 4.38. The van der Waals surface area contributed by atoms with Gasteiger partial charge in [0.05, 0.1) is 12.2 Å². The number of benzene rings is 1. The molecule has 1 aliphatic rings. The van der Waals surface area contributed by atoms with E-state index in [1.54, 1.807) is 31.3 Å². The number of carbonyl (C=O) groups is 2. The normalized spacial score (nSPS) is 17.6. The Kier molecular flexibility index (Phi) is 4.32. The van der Waals surface area contributed by atoms with Gasteiger partial charge >= 0.3 is 11.9 Å². The summed E-state index contributed by atoms with van der Waals surface area (Å²) in [6.45, 7) is -0.0537. The highest BCUT2D eigenvalue weighted by atomic mass is 16.6. The maximum absolute atomic E-state index is 11.8. The van der Waals surface area contributed by atoms with Gasteiger partial charge in [0, 0.05) is 19.2 Å². The molecule has 0 aliphatic carbocycles. The summed E-state index contributed by atoms with van der Waals surface area (Å²) >= 11 is 0. The van der Waals surface area contributed by atoms with Crippen molar-refractivity contribution in [1.29, 1.82) is 0 Å². The summed E-state index contributed by atoms with van der Waals surface area (Å²) in [6, 6.07) is 6.71. The molecule has 2 rings (SSSR count). The SMILES string of the molecule is CNc1ccc(C(=O)OCCC2OC(=O)C(O)=C2O)cc1. The molecule has 0 saturated heterocycles. The highest BCUT2D eigenvalue weighted by Crippen LogP contribution is 2.21. The first kappa shape index (κ1) is 14.7. The highest BCUT2D eigenvalue weighted by Gasteiger charge is 2.34. The number of rotatable bonds is 5. The second-order valence-electron chi connectivity index (χ2n) is 4.38. The molecule has 0 spiro atoms. The Morgan fingerprint density at radius 2 is 2.00 bits per heavy atom. The topological polar surface area (TPSA) is 105 Å². The van der Waals surface area contributed by atoms with E-state index in [9.17, 15) is 14.7 Å². The van der Waals surface area contributed by atoms with Crippen molar-refractivity contribution < 1.29 is 29.3 Å². The number of anilines is 1. The number of carbonyl (C=O) groups excluding carboxylic acids is 2. The van der Waals surface area contributed by atoms with Crippen LogP contribution < -0.4 is 5.32 Å². The van der Waals surface area contributed by atoms with Crippen molar-refractivity contribution >= 4 is 17.6 Å². The van der Waals surface area contributed by atoms with E-state index in [2.05, 4.69) is 5.32 Å². The minimum Gasteiger partial charge on any atom is -0.505 e. The summed E-state index contributed by atoms with van der Waals surface area (Å²) in [5.41, 5.74) is 1.26. The number of cyclic esters (lactones) is 1. The van der Waals surface area contributed by atoms with Gasteiger partial charge in [-0.1, -0.05) is 0 Å². The van der Waals surface area contributed by atoms with Crippen LogP contribution in [0.2, 0.25) is 0 Å². The summed E-state index contributed by atoms with van der Waals surface area (Å²) in [7, 11) is 1.77. The van der Waals surface area contributed by atoms with Crippen LogP contribution in [0.1, 0.15) is 16.8 Å². The fourth-order valence-electron chi connectivity index (χ4n) is 1.81. The molecule has 0 aromatic heterocycles. The Balaban J connectivity index is 1.83. The Bertz CT molecular complexity index is 578. The van der Waals surface area contributed by atoms with Crippen molar-refractivity contribution in [2.24, 2.45) is 0 Å². The molecule has 0 saturated carbocycles. The van der Waals surface area contributed by atoms with Crippen molar-refractivity contribution in [3.05, 3.63) is 41.3 Å². The molecule has 1 aliphatic heterocycles. The minimum atomic E-state index is -0.980. The lowest BCUT2D eigenvalue weighted by Gasteiger charge is -2.10. The van der Waals surface area contributed by atoms with Gasteiger partial charge in [-0.3, -0.25) is 0 Å². The Morgan fingerprint density at radius 1 is 1.33 bits per heavy atom. The van der Waals surface area contributed by atoms with E-state index in [-0.39, 0.29) is 13.0 Å². The van der Waals surface area contributed by atoms with Gasteiger partial charge < -0.3 is 25.0 Å². The molecule has 0 bridgehead atoms. The average molecular weight is 293 g/mol. The molecule has 7 nitrogen and oxygen atoms in total. The fraction of sp³-hybridized carbons (Fsp3) is 0.286. The lowest BCUT2D eigenvalue weighted by atomic mass is 10.2. The van der Waals surface area contributed by atoms with E-state index in [1.165, 1.54) is 0 Å². The first-order chi connectivity index (χ1) is 10.0. The third-order valence-corrected chi connectivity index (χ3v) is 3.01. The second kappa shape index (κ2) is 6.17. The number of ether oxygens (including phenoxy) is 2. The van der Waals surface area contributed by atoms with E-state index in [4.69, 9.17) is 14.6 Å². The van der Waals surface area contributed by atoms with Crippen LogP contribution >= 0.6 is 0 Å². The van der Waals surface area contributed by atoms with Gasteiger partial charge in [-0.05, 0) is 24.3 Å². The summed E-state index contributed by atoms with van der Waals surface area (Å²) in [5, 5.41) is 21.4. The zero-order chi connectivity index (χ0) is 15.4. The number of aliphatic hydroxyl groups is 2. The first-order valence-corrected chi connectivity index (χ1v) is 6.31. The van der Waals surface area contributed by atoms with Crippen LogP contribution in [0.4, 0.5) is 5.69 Å². The Hall–Kier alpha value is -2.70. The van der Waals surface area contributed by atoms with Crippen LogP contribution in [0.5, 0.6) is 0 Å². The molecule has 7 heteroatoms. The zero-order valence-electron chi connectivity index (χ0n) is 11.3. The van der Waals surface area contributed by atoms with Gasteiger partial charge in [-0.15, -0.1) is 0 Å². The molecule has 1 unspecified atom stereocenters. The highest BCUT2D eigenvalue weighted by molar-refractivity contribution is 5.90. The molecule has 1 aromatic rings. The van der Waals surface area contributed by atoms with E-state index in [1.807, 2.05) is 0 Å². The van der Waals surface area contributed by atoms with E-state index in [0.717, 1.165) is 5.69 Å². The fourth-order valence-corrected chi connectivity index (χ4v) is 1.81. The Morgan fingerprint density at radius 3 is 2.52 bits per heavy atom. The molecular formula is C14H15NO6. The third-order valence-electron chi connectivity index (χ3n) is 3.01. The van der Waals surface area contributed by atoms with E-state index in [0.29, 0.717) is 5.56 Å². The largest absolute Gasteiger partial charge is 0.505 e. The molecule has 0 amide bonds. The number of hydrogen-bond acceptors (Lipinski definition) is 7. The lowest BCUT2D eigenvalue weighted by Crippen LogP contribution is -2.16. The Labute approximate surface area is 120 Å². The molecule has 0 radical (unpaired) electrons. The molecule has 1 atom stereocenters. The molecule has 1 aromatic carbocycles. The number of hydrogen-bond donors (Lipinski definition) is 3. The van der Waals surface area contributed by atoms with Crippen molar-refractivity contribution in [1.82, 2.24) is 0 Å². The summed E-state index contributed by atoms with van der Waals surface area (Å²) in [4.78, 5) is 22.7. The predicted octanol–water partition coefficient (Wildman–Crippen LogP) is 1.53. The van der Waals surface area contributed by atoms with Gasteiger partial charge in [0.2, 0.25) is 5.76 Å². The summed E-state index contributed by atoms with van der Waals surface area (Å²) < 4.78 is 9.71. The zero-order valence-corrected chi connectivity index (χ0v) is 11.3. The van der Waals surface area contributed by atoms with Gasteiger partial charge in [0.25, 0.3) is 0 Å². The van der Waals surface area contributed by atoms with Gasteiger partial charge in [0.1, 0.15) is 0 Å². The standard InChI is InChI=1S/C14H15NO6/c1-15-9-4-2-8(3-5-9)13(18)20-7-6-10-11(16)12(17)14(19)21-10/h2-5,10,15-17H,6-7H2,1H3. The van der Waals surface area contributed by atoms with Crippen LogP contribution in [0, 0.1) is 0 Å². The number of nitrogens with one attached hydrogen (secondary N) is 1. The van der Waals surface area contributed by atoms with Gasteiger partial charge in [-0.25, -0.2) is 9.59 Å². The van der Waals surface area contributed by atoms with Crippen LogP contribution in [0.15, 0.2) is 35.8 Å². The van der Waals surface area contributed by atoms with Crippen LogP contribution in [-0.4, -0.2) is 41.9 Å². The molecule has 112 valence electrons. The molecule has 21 heavy (non-hydrogen) atoms. The van der Waals surface area contributed by atoms with Crippen molar-refractivity contribution in [2.75, 3.05) is 19.0 Å². The van der Waals surface area contributed by atoms with Crippen LogP contribution in [-0.2, 0) is 14.3 Å². The molecule has 3 N–H and O–H groups in total. The maximum Gasteiger partial charge on any atom is 0.377 e. The lowest BCUT2D eigenvalue weighted by molar-refractivity contribution is -0.142. The van der Waals surface area contributed by atoms with Crippen LogP contribution in [0.25, 0.3) is 0 Å². The minimum absolute atomic E-state index is 0.0537. The predicted molar refractivity (Wildman–Crippen MR) is 73.1 cm³/mol. The third kappa shape index (κ3) is 3.25. The van der Waals surface area contributed by atoms with Crippen LogP contribution in [0.3, 0.4) is 0 Å². The van der Waals surface area contributed by atoms with E-state index < -0.39 is 29.6 Å². The quantitative estimate of drug-likeness (QED) is 0.707. The van der Waals surface area contributed by atoms with Crippen molar-refractivity contribution in [3.63, 3.8) is 0 Å². The maximum atomic E-state index is 11.8. The van der Waals surface area contributed by atoms with Crippen molar-refractivity contribution in [3.8, 4) is 0 Å². The van der Waals surface area contributed by atoms with E-state index >= 15 is 0 Å².